The van der Waals surface area contributed by atoms with Crippen molar-refractivity contribution >= 4 is 0 Å². The van der Waals surface area contributed by atoms with E-state index in [1.54, 1.807) is 14.2 Å². The smallest absolute Gasteiger partial charge is 0.118 e. The molecule has 0 heterocycles. The van der Waals surface area contributed by atoms with E-state index in [1.807, 2.05) is 62.4 Å². The minimum atomic E-state index is 0.917. The van der Waals surface area contributed by atoms with Crippen LogP contribution in [-0.4, -0.2) is 14.2 Å². The molecule has 0 amide bonds. The Bertz CT molecular complexity index is 398. The molecule has 20 heavy (non-hydrogen) atoms. The van der Waals surface area contributed by atoms with Crippen LogP contribution in [0.2, 0.25) is 0 Å². The van der Waals surface area contributed by atoms with Crippen molar-refractivity contribution in [1.82, 2.24) is 0 Å². The Morgan fingerprint density at radius 1 is 0.550 bits per heavy atom. The van der Waals surface area contributed by atoms with Crippen molar-refractivity contribution in [3.8, 4) is 11.5 Å². The minimum Gasteiger partial charge on any atom is -0.497 e. The number of methoxy groups -OCH3 is 2. The topological polar surface area (TPSA) is 18.5 Å². The van der Waals surface area contributed by atoms with Gasteiger partial charge >= 0.3 is 0 Å². The largest absolute Gasteiger partial charge is 0.497 e. The predicted molar refractivity (Wildman–Crippen MR) is 86.8 cm³/mol. The second kappa shape index (κ2) is 10.9. The van der Waals surface area contributed by atoms with Crippen molar-refractivity contribution in [2.45, 2.75) is 27.7 Å². The molecule has 2 rings (SSSR count). The maximum atomic E-state index is 4.97. The van der Waals surface area contributed by atoms with Crippen molar-refractivity contribution in [2.75, 3.05) is 14.2 Å². The average Bonchev–Trinajstić information content (AvgIpc) is 2.51. The van der Waals surface area contributed by atoms with Crippen molar-refractivity contribution in [2.24, 2.45) is 0 Å². The summed E-state index contributed by atoms with van der Waals surface area (Å²) in [7, 11) is 3.34. The van der Waals surface area contributed by atoms with E-state index in [9.17, 15) is 0 Å². The van der Waals surface area contributed by atoms with Gasteiger partial charge in [-0.2, -0.15) is 0 Å². The molecule has 0 radical (unpaired) electrons. The Balaban J connectivity index is 0.000000321. The monoisotopic (exact) mass is 274 g/mol. The zero-order chi connectivity index (χ0) is 15.4. The van der Waals surface area contributed by atoms with Gasteiger partial charge in [0, 0.05) is 0 Å². The summed E-state index contributed by atoms with van der Waals surface area (Å²) in [5, 5.41) is 0. The Morgan fingerprint density at radius 3 is 1.00 bits per heavy atom. The highest BCUT2D eigenvalue weighted by Gasteiger charge is 1.86. The van der Waals surface area contributed by atoms with Gasteiger partial charge in [0.15, 0.2) is 0 Å². The van der Waals surface area contributed by atoms with Crippen LogP contribution < -0.4 is 9.47 Å². The van der Waals surface area contributed by atoms with Crippen molar-refractivity contribution in [1.29, 1.82) is 0 Å². The zero-order valence-corrected chi connectivity index (χ0v) is 13.4. The van der Waals surface area contributed by atoms with Gasteiger partial charge in [0.2, 0.25) is 0 Å². The highest BCUT2D eigenvalue weighted by atomic mass is 16.5. The fraction of sp³-hybridized carbons (Fsp3) is 0.333. The molecule has 2 heteroatoms. The molecule has 2 aromatic rings. The standard InChI is InChI=1S/2C8H10O.C2H6/c2*1-7-3-5-8(9-2)6-4-7;1-2/h2*3-6H,1-2H3;1-2H3. The first-order chi connectivity index (χ1) is 9.65. The van der Waals surface area contributed by atoms with Gasteiger partial charge in [-0.3, -0.25) is 0 Å². The van der Waals surface area contributed by atoms with Gasteiger partial charge in [-0.05, 0) is 38.1 Å². The van der Waals surface area contributed by atoms with Crippen LogP contribution in [0.3, 0.4) is 0 Å². The van der Waals surface area contributed by atoms with Crippen LogP contribution in [0.5, 0.6) is 11.5 Å². The lowest BCUT2D eigenvalue weighted by atomic mass is 10.2. The number of hydrogen-bond acceptors (Lipinski definition) is 2. The third kappa shape index (κ3) is 7.47. The van der Waals surface area contributed by atoms with Crippen molar-refractivity contribution in [3.05, 3.63) is 59.7 Å². The molecule has 0 aliphatic rings. The van der Waals surface area contributed by atoms with Crippen LogP contribution in [0.25, 0.3) is 0 Å². The third-order valence-electron chi connectivity index (χ3n) is 2.51. The quantitative estimate of drug-likeness (QED) is 0.764. The van der Waals surface area contributed by atoms with E-state index in [4.69, 9.17) is 9.47 Å². The molecule has 2 aromatic carbocycles. The van der Waals surface area contributed by atoms with Gasteiger partial charge in [0.05, 0.1) is 14.2 Å². The van der Waals surface area contributed by atoms with Crippen LogP contribution in [0, 0.1) is 13.8 Å². The maximum Gasteiger partial charge on any atom is 0.118 e. The van der Waals surface area contributed by atoms with E-state index < -0.39 is 0 Å². The van der Waals surface area contributed by atoms with E-state index in [0.29, 0.717) is 0 Å². The van der Waals surface area contributed by atoms with Crippen LogP contribution in [0.4, 0.5) is 0 Å². The number of ether oxygens (including phenoxy) is 2. The summed E-state index contributed by atoms with van der Waals surface area (Å²) in [4.78, 5) is 0. The first-order valence-corrected chi connectivity index (χ1v) is 6.87. The number of hydrogen-bond donors (Lipinski definition) is 0. The fourth-order valence-corrected chi connectivity index (χ4v) is 1.35. The van der Waals surface area contributed by atoms with E-state index >= 15 is 0 Å². The van der Waals surface area contributed by atoms with Gasteiger partial charge in [0.1, 0.15) is 11.5 Å². The molecule has 0 atom stereocenters. The Kier molecular flexibility index (Phi) is 9.85. The zero-order valence-electron chi connectivity index (χ0n) is 13.4. The minimum absolute atomic E-state index is 0.917. The van der Waals surface area contributed by atoms with E-state index in [1.165, 1.54) is 11.1 Å². The van der Waals surface area contributed by atoms with Gasteiger partial charge in [-0.25, -0.2) is 0 Å². The molecule has 0 unspecified atom stereocenters. The number of rotatable bonds is 2. The Hall–Kier alpha value is -1.96. The Labute approximate surface area is 123 Å². The second-order valence-electron chi connectivity index (χ2n) is 4.03. The van der Waals surface area contributed by atoms with Crippen LogP contribution in [-0.2, 0) is 0 Å². The molecule has 0 bridgehead atoms. The molecule has 0 saturated heterocycles. The second-order valence-corrected chi connectivity index (χ2v) is 4.03. The molecular formula is C18H26O2. The molecule has 0 fully saturated rings. The molecule has 0 aliphatic heterocycles. The molecule has 0 aliphatic carbocycles. The SMILES string of the molecule is CC.COc1ccc(C)cc1.COc1ccc(C)cc1. The molecule has 110 valence electrons. The summed E-state index contributed by atoms with van der Waals surface area (Å²) < 4.78 is 9.94. The van der Waals surface area contributed by atoms with E-state index in [0.717, 1.165) is 11.5 Å². The van der Waals surface area contributed by atoms with Crippen LogP contribution >= 0.6 is 0 Å². The predicted octanol–water partition coefficient (Wildman–Crippen LogP) is 5.03. The normalized spacial score (nSPS) is 8.50. The Morgan fingerprint density at radius 2 is 0.800 bits per heavy atom. The fourth-order valence-electron chi connectivity index (χ4n) is 1.35. The summed E-state index contributed by atoms with van der Waals surface area (Å²) in [6.45, 7) is 8.11. The number of aryl methyl sites for hydroxylation is 2. The maximum absolute atomic E-state index is 4.97. The third-order valence-corrected chi connectivity index (χ3v) is 2.51. The lowest BCUT2D eigenvalue weighted by Crippen LogP contribution is -1.80. The van der Waals surface area contributed by atoms with Crippen LogP contribution in [0.1, 0.15) is 25.0 Å². The summed E-state index contributed by atoms with van der Waals surface area (Å²) in [6.07, 6.45) is 0. The van der Waals surface area contributed by atoms with Gasteiger partial charge < -0.3 is 9.47 Å². The molecule has 0 aromatic heterocycles. The lowest BCUT2D eigenvalue weighted by molar-refractivity contribution is 0.414. The van der Waals surface area contributed by atoms with Crippen molar-refractivity contribution in [3.63, 3.8) is 0 Å². The number of benzene rings is 2. The van der Waals surface area contributed by atoms with Gasteiger partial charge in [-0.15, -0.1) is 0 Å². The molecule has 0 spiro atoms. The summed E-state index contributed by atoms with van der Waals surface area (Å²) in [6, 6.07) is 15.9. The van der Waals surface area contributed by atoms with Crippen LogP contribution in [0.15, 0.2) is 48.5 Å². The summed E-state index contributed by atoms with van der Waals surface area (Å²) >= 11 is 0. The van der Waals surface area contributed by atoms with Gasteiger partial charge in [0.25, 0.3) is 0 Å². The first kappa shape index (κ1) is 18.0. The first-order valence-electron chi connectivity index (χ1n) is 6.87. The molecule has 2 nitrogen and oxygen atoms in total. The van der Waals surface area contributed by atoms with E-state index in [2.05, 4.69) is 13.8 Å². The average molecular weight is 274 g/mol. The lowest BCUT2D eigenvalue weighted by Gasteiger charge is -1.97. The summed E-state index contributed by atoms with van der Waals surface area (Å²) in [5.74, 6) is 1.83. The van der Waals surface area contributed by atoms with Crippen molar-refractivity contribution < 1.29 is 9.47 Å². The van der Waals surface area contributed by atoms with E-state index in [-0.39, 0.29) is 0 Å². The highest BCUT2D eigenvalue weighted by Crippen LogP contribution is 2.10. The molecular weight excluding hydrogens is 248 g/mol. The molecule has 0 saturated carbocycles. The summed E-state index contributed by atoms with van der Waals surface area (Å²) in [5.41, 5.74) is 2.52. The highest BCUT2D eigenvalue weighted by molar-refractivity contribution is 5.26. The van der Waals surface area contributed by atoms with Gasteiger partial charge in [-0.1, -0.05) is 49.2 Å². The molecule has 0 N–H and O–H groups in total.